The Labute approximate surface area is 135 Å². The molecule has 0 fully saturated rings. The van der Waals surface area contributed by atoms with E-state index in [9.17, 15) is 9.59 Å². The van der Waals surface area contributed by atoms with Gasteiger partial charge in [0.05, 0.1) is 0 Å². The van der Waals surface area contributed by atoms with Crippen molar-refractivity contribution in [3.63, 3.8) is 0 Å². The van der Waals surface area contributed by atoms with Crippen molar-refractivity contribution in [3.05, 3.63) is 36.1 Å². The predicted octanol–water partition coefficient (Wildman–Crippen LogP) is 3.61. The van der Waals surface area contributed by atoms with Crippen LogP contribution in [0.25, 0.3) is 11.0 Å². The SMILES string of the molecule is CC(C)CCOC(C)C(=O)OCC(=O)c1cc2ccccc2o1. The second-order valence-corrected chi connectivity index (χ2v) is 5.87. The molecule has 5 nitrogen and oxygen atoms in total. The molecule has 0 aliphatic rings. The normalized spacial score (nSPS) is 12.5. The molecule has 1 heterocycles. The van der Waals surface area contributed by atoms with E-state index < -0.39 is 12.1 Å². The molecule has 0 aliphatic carbocycles. The van der Waals surface area contributed by atoms with Crippen molar-refractivity contribution >= 4 is 22.7 Å². The predicted molar refractivity (Wildman–Crippen MR) is 86.4 cm³/mol. The fourth-order valence-corrected chi connectivity index (χ4v) is 1.99. The van der Waals surface area contributed by atoms with E-state index in [2.05, 4.69) is 13.8 Å². The zero-order valence-corrected chi connectivity index (χ0v) is 13.7. The summed E-state index contributed by atoms with van der Waals surface area (Å²) in [6.07, 6.45) is 0.187. The molecule has 1 aromatic heterocycles. The first kappa shape index (κ1) is 17.2. The number of hydrogen-bond donors (Lipinski definition) is 0. The van der Waals surface area contributed by atoms with Crippen LogP contribution in [0.2, 0.25) is 0 Å². The molecular weight excluding hydrogens is 296 g/mol. The van der Waals surface area contributed by atoms with E-state index in [1.54, 1.807) is 19.1 Å². The van der Waals surface area contributed by atoms with E-state index in [1.165, 1.54) is 0 Å². The molecule has 1 aromatic carbocycles. The van der Waals surface area contributed by atoms with Crippen molar-refractivity contribution in [2.75, 3.05) is 13.2 Å². The van der Waals surface area contributed by atoms with Gasteiger partial charge in [-0.3, -0.25) is 4.79 Å². The third-order valence-electron chi connectivity index (χ3n) is 3.44. The van der Waals surface area contributed by atoms with Crippen LogP contribution in [0.3, 0.4) is 0 Å². The van der Waals surface area contributed by atoms with Gasteiger partial charge in [-0.05, 0) is 31.4 Å². The molecular formula is C18H22O5. The van der Waals surface area contributed by atoms with E-state index in [1.807, 2.05) is 18.2 Å². The van der Waals surface area contributed by atoms with Crippen molar-refractivity contribution in [3.8, 4) is 0 Å². The average Bonchev–Trinajstić information content (AvgIpc) is 2.95. The molecule has 1 atom stereocenters. The highest BCUT2D eigenvalue weighted by Gasteiger charge is 2.19. The Bertz CT molecular complexity index is 638. The third-order valence-corrected chi connectivity index (χ3v) is 3.44. The molecule has 0 N–H and O–H groups in total. The number of furan rings is 1. The maximum Gasteiger partial charge on any atom is 0.335 e. The highest BCUT2D eigenvalue weighted by atomic mass is 16.6. The minimum atomic E-state index is -0.683. The lowest BCUT2D eigenvalue weighted by Crippen LogP contribution is -2.26. The lowest BCUT2D eigenvalue weighted by atomic mass is 10.1. The maximum absolute atomic E-state index is 12.0. The van der Waals surface area contributed by atoms with Gasteiger partial charge in [-0.2, -0.15) is 0 Å². The first-order valence-corrected chi connectivity index (χ1v) is 7.77. The quantitative estimate of drug-likeness (QED) is 0.549. The van der Waals surface area contributed by atoms with Crippen LogP contribution in [0.15, 0.2) is 34.7 Å². The third kappa shape index (κ3) is 4.93. The number of Topliss-reactive ketones (excluding diaryl/α,β-unsaturated/α-hetero) is 1. The topological polar surface area (TPSA) is 65.7 Å². The second-order valence-electron chi connectivity index (χ2n) is 5.87. The van der Waals surface area contributed by atoms with Crippen LogP contribution < -0.4 is 0 Å². The summed E-state index contributed by atoms with van der Waals surface area (Å²) in [6, 6.07) is 8.97. The Kier molecular flexibility index (Phi) is 5.93. The number of benzene rings is 1. The van der Waals surface area contributed by atoms with E-state index in [4.69, 9.17) is 13.9 Å². The molecule has 2 aromatic rings. The lowest BCUT2D eigenvalue weighted by molar-refractivity contribution is -0.155. The standard InChI is InChI=1S/C18H22O5/c1-12(2)8-9-21-13(3)18(20)22-11-15(19)17-10-14-6-4-5-7-16(14)23-17/h4-7,10,12-13H,8-9,11H2,1-3H3. The number of carbonyl (C=O) groups is 2. The van der Waals surface area contributed by atoms with Gasteiger partial charge in [-0.25, -0.2) is 4.79 Å². The largest absolute Gasteiger partial charge is 0.455 e. The Balaban J connectivity index is 1.82. The van der Waals surface area contributed by atoms with Gasteiger partial charge in [0, 0.05) is 12.0 Å². The lowest BCUT2D eigenvalue weighted by Gasteiger charge is -2.12. The molecule has 23 heavy (non-hydrogen) atoms. The van der Waals surface area contributed by atoms with Gasteiger partial charge in [0.2, 0.25) is 5.78 Å². The van der Waals surface area contributed by atoms with Gasteiger partial charge in [0.15, 0.2) is 18.5 Å². The summed E-state index contributed by atoms with van der Waals surface area (Å²) in [6.45, 7) is 5.92. The molecule has 0 spiro atoms. The van der Waals surface area contributed by atoms with Crippen molar-refractivity contribution in [1.82, 2.24) is 0 Å². The minimum absolute atomic E-state index is 0.187. The number of carbonyl (C=O) groups excluding carboxylic acids is 2. The smallest absolute Gasteiger partial charge is 0.335 e. The van der Waals surface area contributed by atoms with Crippen LogP contribution in [0, 0.1) is 5.92 Å². The Morgan fingerprint density at radius 3 is 2.61 bits per heavy atom. The monoisotopic (exact) mass is 318 g/mol. The Morgan fingerprint density at radius 1 is 1.17 bits per heavy atom. The minimum Gasteiger partial charge on any atom is -0.455 e. The molecule has 0 aliphatic heterocycles. The fraction of sp³-hybridized carbons (Fsp3) is 0.444. The van der Waals surface area contributed by atoms with Gasteiger partial charge in [-0.15, -0.1) is 0 Å². The molecule has 0 saturated carbocycles. The Hall–Kier alpha value is -2.14. The number of ketones is 1. The summed E-state index contributed by atoms with van der Waals surface area (Å²) in [4.78, 5) is 23.8. The molecule has 0 amide bonds. The van der Waals surface area contributed by atoms with Crippen LogP contribution in [-0.4, -0.2) is 31.1 Å². The van der Waals surface area contributed by atoms with Gasteiger partial charge in [-0.1, -0.05) is 32.0 Å². The van der Waals surface area contributed by atoms with Crippen molar-refractivity contribution in [2.24, 2.45) is 5.92 Å². The molecule has 0 radical (unpaired) electrons. The maximum atomic E-state index is 12.0. The van der Waals surface area contributed by atoms with Gasteiger partial charge in [0.25, 0.3) is 0 Å². The molecule has 5 heteroatoms. The molecule has 0 bridgehead atoms. The highest BCUT2D eigenvalue weighted by molar-refractivity contribution is 5.99. The van der Waals surface area contributed by atoms with Gasteiger partial charge in [0.1, 0.15) is 5.58 Å². The van der Waals surface area contributed by atoms with Crippen LogP contribution in [0.5, 0.6) is 0 Å². The van der Waals surface area contributed by atoms with Crippen molar-refractivity contribution in [1.29, 1.82) is 0 Å². The van der Waals surface area contributed by atoms with Gasteiger partial charge < -0.3 is 13.9 Å². The van der Waals surface area contributed by atoms with Crippen LogP contribution in [0.4, 0.5) is 0 Å². The summed E-state index contributed by atoms with van der Waals surface area (Å²) < 4.78 is 15.8. The number of rotatable bonds is 8. The number of para-hydroxylation sites is 1. The van der Waals surface area contributed by atoms with Crippen molar-refractivity contribution < 1.29 is 23.5 Å². The summed E-state index contributed by atoms with van der Waals surface area (Å²) in [7, 11) is 0. The first-order valence-electron chi connectivity index (χ1n) is 7.77. The second kappa shape index (κ2) is 7.92. The molecule has 1 unspecified atom stereocenters. The Morgan fingerprint density at radius 2 is 1.91 bits per heavy atom. The van der Waals surface area contributed by atoms with Crippen LogP contribution in [0.1, 0.15) is 37.7 Å². The summed E-state index contributed by atoms with van der Waals surface area (Å²) in [5.41, 5.74) is 0.632. The first-order chi connectivity index (χ1) is 11.0. The van der Waals surface area contributed by atoms with Crippen LogP contribution >= 0.6 is 0 Å². The number of hydrogen-bond acceptors (Lipinski definition) is 5. The number of ether oxygens (including phenoxy) is 2. The van der Waals surface area contributed by atoms with E-state index in [0.717, 1.165) is 11.8 Å². The fourth-order valence-electron chi connectivity index (χ4n) is 1.99. The summed E-state index contributed by atoms with van der Waals surface area (Å²) in [5, 5.41) is 0.840. The number of fused-ring (bicyclic) bond motifs is 1. The molecule has 2 rings (SSSR count). The summed E-state index contributed by atoms with van der Waals surface area (Å²) in [5.74, 6) is -0.220. The molecule has 0 saturated heterocycles. The van der Waals surface area contributed by atoms with Gasteiger partial charge >= 0.3 is 5.97 Å². The van der Waals surface area contributed by atoms with Crippen LogP contribution in [-0.2, 0) is 14.3 Å². The van der Waals surface area contributed by atoms with E-state index in [-0.39, 0.29) is 18.2 Å². The average molecular weight is 318 g/mol. The molecule has 124 valence electrons. The zero-order chi connectivity index (χ0) is 16.8. The van der Waals surface area contributed by atoms with E-state index >= 15 is 0 Å². The van der Waals surface area contributed by atoms with E-state index in [0.29, 0.717) is 18.1 Å². The van der Waals surface area contributed by atoms with Crippen molar-refractivity contribution in [2.45, 2.75) is 33.3 Å². The summed E-state index contributed by atoms with van der Waals surface area (Å²) >= 11 is 0. The number of esters is 1. The zero-order valence-electron chi connectivity index (χ0n) is 13.7. The highest BCUT2D eigenvalue weighted by Crippen LogP contribution is 2.19.